The first-order valence-electron chi connectivity index (χ1n) is 8.67. The number of carbonyl (C=O) groups excluding carboxylic acids is 1. The number of hydrazine groups is 1. The summed E-state index contributed by atoms with van der Waals surface area (Å²) in [4.78, 5) is 13.1. The summed E-state index contributed by atoms with van der Waals surface area (Å²) in [5.41, 5.74) is 1.55. The summed E-state index contributed by atoms with van der Waals surface area (Å²) in [5.74, 6) is 0.386. The van der Waals surface area contributed by atoms with Gasteiger partial charge in [0.1, 0.15) is 5.75 Å². The van der Waals surface area contributed by atoms with E-state index < -0.39 is 5.66 Å². The zero-order valence-electron chi connectivity index (χ0n) is 15.2. The van der Waals surface area contributed by atoms with Gasteiger partial charge in [-0.3, -0.25) is 0 Å². The number of esters is 1. The van der Waals surface area contributed by atoms with Crippen molar-refractivity contribution in [1.29, 1.82) is 0 Å². The van der Waals surface area contributed by atoms with E-state index in [4.69, 9.17) is 9.47 Å². The fourth-order valence-electron chi connectivity index (χ4n) is 3.46. The Morgan fingerprint density at radius 2 is 1.22 bits per heavy atom. The van der Waals surface area contributed by atoms with Crippen molar-refractivity contribution in [3.05, 3.63) is 90.5 Å². The third-order valence-electron chi connectivity index (χ3n) is 4.74. The topological polar surface area (TPSA) is 41.5 Å². The highest BCUT2D eigenvalue weighted by molar-refractivity contribution is 5.99. The lowest BCUT2D eigenvalue weighted by molar-refractivity contribution is -0.143. The molecule has 0 amide bonds. The predicted octanol–water partition coefficient (Wildman–Crippen LogP) is 3.96. The van der Waals surface area contributed by atoms with Gasteiger partial charge in [-0.25, -0.2) is 14.8 Å². The minimum atomic E-state index is -1.07. The van der Waals surface area contributed by atoms with Crippen molar-refractivity contribution in [2.24, 2.45) is 0 Å². The maximum atomic E-state index is 13.1. The first-order chi connectivity index (χ1) is 13.2. The Morgan fingerprint density at radius 1 is 0.741 bits per heavy atom. The second-order valence-electron chi connectivity index (χ2n) is 6.19. The average molecular weight is 360 g/mol. The molecule has 3 aromatic rings. The van der Waals surface area contributed by atoms with Gasteiger partial charge in [0, 0.05) is 5.56 Å². The largest absolute Gasteiger partial charge is 0.497 e. The molecule has 1 heterocycles. The third-order valence-corrected chi connectivity index (χ3v) is 4.74. The van der Waals surface area contributed by atoms with E-state index in [2.05, 4.69) is 0 Å². The molecule has 0 saturated carbocycles. The van der Waals surface area contributed by atoms with Crippen LogP contribution in [0.1, 0.15) is 5.56 Å². The summed E-state index contributed by atoms with van der Waals surface area (Å²) in [6.07, 6.45) is 0. The Bertz CT molecular complexity index is 881. The summed E-state index contributed by atoms with van der Waals surface area (Å²) >= 11 is 0. The van der Waals surface area contributed by atoms with E-state index in [1.807, 2.05) is 94.9 Å². The molecule has 0 spiro atoms. The van der Waals surface area contributed by atoms with Crippen LogP contribution < -0.4 is 14.8 Å². The van der Waals surface area contributed by atoms with Crippen molar-refractivity contribution in [1.82, 2.24) is 0 Å². The highest BCUT2D eigenvalue weighted by Crippen LogP contribution is 2.54. The van der Waals surface area contributed by atoms with Crippen LogP contribution in [-0.4, -0.2) is 20.2 Å². The zero-order chi connectivity index (χ0) is 18.9. The van der Waals surface area contributed by atoms with Crippen LogP contribution in [0.15, 0.2) is 84.9 Å². The lowest BCUT2D eigenvalue weighted by atomic mass is 10.0. The fourth-order valence-corrected chi connectivity index (χ4v) is 3.46. The Hall–Kier alpha value is -3.47. The molecule has 1 aliphatic heterocycles. The van der Waals surface area contributed by atoms with Gasteiger partial charge in [-0.05, 0) is 36.4 Å². The van der Waals surface area contributed by atoms with E-state index in [-0.39, 0.29) is 5.97 Å². The third kappa shape index (κ3) is 2.59. The van der Waals surface area contributed by atoms with Crippen LogP contribution in [0.5, 0.6) is 5.75 Å². The van der Waals surface area contributed by atoms with Crippen molar-refractivity contribution in [2.75, 3.05) is 24.2 Å². The molecule has 1 aliphatic rings. The van der Waals surface area contributed by atoms with E-state index in [1.54, 1.807) is 7.11 Å². The monoisotopic (exact) mass is 360 g/mol. The number of ether oxygens (including phenoxy) is 2. The number of benzene rings is 3. The number of hydrogen-bond acceptors (Lipinski definition) is 5. The average Bonchev–Trinajstić information content (AvgIpc) is 3.45. The molecule has 0 radical (unpaired) electrons. The molecule has 136 valence electrons. The summed E-state index contributed by atoms with van der Waals surface area (Å²) < 4.78 is 10.5. The van der Waals surface area contributed by atoms with Crippen molar-refractivity contribution in [3.63, 3.8) is 0 Å². The molecule has 3 aromatic carbocycles. The van der Waals surface area contributed by atoms with Gasteiger partial charge in [-0.1, -0.05) is 48.5 Å². The Labute approximate surface area is 158 Å². The lowest BCUT2D eigenvalue weighted by Gasteiger charge is -2.14. The van der Waals surface area contributed by atoms with Gasteiger partial charge in [-0.2, -0.15) is 0 Å². The Kier molecular flexibility index (Phi) is 4.20. The first kappa shape index (κ1) is 17.0. The summed E-state index contributed by atoms with van der Waals surface area (Å²) in [7, 11) is 3.03. The molecule has 0 aliphatic carbocycles. The molecule has 0 unspecified atom stereocenters. The quantitative estimate of drug-likeness (QED) is 0.509. The van der Waals surface area contributed by atoms with Crippen molar-refractivity contribution < 1.29 is 14.3 Å². The number of anilines is 2. The molecule has 1 fully saturated rings. The van der Waals surface area contributed by atoms with Crippen LogP contribution >= 0.6 is 0 Å². The van der Waals surface area contributed by atoms with Crippen LogP contribution in [0, 0.1) is 0 Å². The van der Waals surface area contributed by atoms with E-state index in [0.29, 0.717) is 0 Å². The molecular formula is C22H20N2O3. The first-order valence-corrected chi connectivity index (χ1v) is 8.67. The molecule has 0 N–H and O–H groups in total. The number of para-hydroxylation sites is 2. The lowest BCUT2D eigenvalue weighted by Crippen LogP contribution is -2.30. The van der Waals surface area contributed by atoms with E-state index in [9.17, 15) is 4.79 Å². The maximum absolute atomic E-state index is 13.1. The van der Waals surface area contributed by atoms with Crippen LogP contribution in [0.4, 0.5) is 11.4 Å². The standard InChI is InChI=1S/C22H20N2O3/c1-26-20-15-13-17(14-16-20)22(21(25)27-2)23(18-9-5-3-6-10-18)24(22)19-11-7-4-8-12-19/h3-16H,1-2H3. The van der Waals surface area contributed by atoms with Crippen LogP contribution in [0.2, 0.25) is 0 Å². The molecule has 27 heavy (non-hydrogen) atoms. The molecule has 4 rings (SSSR count). The number of methoxy groups -OCH3 is 2. The fraction of sp³-hybridized carbons (Fsp3) is 0.136. The van der Waals surface area contributed by atoms with Gasteiger partial charge in [-0.15, -0.1) is 0 Å². The molecule has 0 bridgehead atoms. The maximum Gasteiger partial charge on any atom is 0.361 e. The SMILES string of the molecule is COC(=O)C1(c2ccc(OC)cc2)N(c2ccccc2)N1c1ccccc1. The normalized spacial score (nSPS) is 14.6. The molecule has 5 nitrogen and oxygen atoms in total. The van der Waals surface area contributed by atoms with Gasteiger partial charge in [0.15, 0.2) is 0 Å². The second-order valence-corrected chi connectivity index (χ2v) is 6.19. The highest BCUT2D eigenvalue weighted by atomic mass is 16.5. The second kappa shape index (κ2) is 6.68. The zero-order valence-corrected chi connectivity index (χ0v) is 15.2. The Morgan fingerprint density at radius 3 is 1.63 bits per heavy atom. The van der Waals surface area contributed by atoms with Gasteiger partial charge in [0.25, 0.3) is 5.66 Å². The Balaban J connectivity index is 1.90. The number of carbonyl (C=O) groups is 1. The van der Waals surface area contributed by atoms with E-state index in [1.165, 1.54) is 7.11 Å². The summed E-state index contributed by atoms with van der Waals surface area (Å²) in [6, 6.07) is 27.1. The van der Waals surface area contributed by atoms with Gasteiger partial charge >= 0.3 is 5.97 Å². The summed E-state index contributed by atoms with van der Waals surface area (Å²) in [6.45, 7) is 0. The van der Waals surface area contributed by atoms with Crippen LogP contribution in [-0.2, 0) is 15.2 Å². The van der Waals surface area contributed by atoms with Gasteiger partial charge in [0.2, 0.25) is 0 Å². The number of rotatable bonds is 5. The van der Waals surface area contributed by atoms with Crippen LogP contribution in [0.3, 0.4) is 0 Å². The number of nitrogens with zero attached hydrogens (tertiary/aromatic N) is 2. The minimum Gasteiger partial charge on any atom is -0.497 e. The van der Waals surface area contributed by atoms with Gasteiger partial charge in [0.05, 0.1) is 25.6 Å². The predicted molar refractivity (Wildman–Crippen MR) is 105 cm³/mol. The molecule has 0 atom stereocenters. The molecule has 5 heteroatoms. The molecule has 1 saturated heterocycles. The van der Waals surface area contributed by atoms with Crippen LogP contribution in [0.25, 0.3) is 0 Å². The minimum absolute atomic E-state index is 0.347. The van der Waals surface area contributed by atoms with Crippen molar-refractivity contribution in [3.8, 4) is 5.75 Å². The number of hydrogen-bond donors (Lipinski definition) is 0. The smallest absolute Gasteiger partial charge is 0.361 e. The van der Waals surface area contributed by atoms with Crippen molar-refractivity contribution >= 4 is 17.3 Å². The molecule has 0 aromatic heterocycles. The summed E-state index contributed by atoms with van der Waals surface area (Å²) in [5, 5.41) is 3.91. The van der Waals surface area contributed by atoms with Crippen molar-refractivity contribution in [2.45, 2.75) is 5.66 Å². The molecular weight excluding hydrogens is 340 g/mol. The highest BCUT2D eigenvalue weighted by Gasteiger charge is 2.69. The van der Waals surface area contributed by atoms with E-state index >= 15 is 0 Å². The van der Waals surface area contributed by atoms with E-state index in [0.717, 1.165) is 22.7 Å². The van der Waals surface area contributed by atoms with Gasteiger partial charge < -0.3 is 9.47 Å².